The maximum atomic E-state index is 12.6. The van der Waals surface area contributed by atoms with Gasteiger partial charge in [0.15, 0.2) is 0 Å². The Kier molecular flexibility index (Phi) is 15.5. The SMILES string of the molecule is COC(=O)c1cc2nc(Cc3ccc(OC(F)(F)F)cc3)n([C@@H]3C[C@H](C)CC(C)(C)C3)c2cc1OC.COC(=O)c1cc2nc(Cc3ccc(OC(F)(F)F)cc3)n([C@H]3C[C@@H](C)CC(C)(C)C3)c2cc1OC. The Hall–Kier alpha value is -6.46. The van der Waals surface area contributed by atoms with E-state index in [9.17, 15) is 35.9 Å². The fourth-order valence-corrected chi connectivity index (χ4v) is 11.3. The number of aromatic nitrogens is 4. The van der Waals surface area contributed by atoms with Crippen molar-refractivity contribution in [3.05, 3.63) is 107 Å². The Morgan fingerprint density at radius 2 is 0.917 bits per heavy atom. The number of hydrogen-bond acceptors (Lipinski definition) is 10. The van der Waals surface area contributed by atoms with Gasteiger partial charge in [0, 0.05) is 37.1 Å². The fraction of sp³-hybridized carbons (Fsp3) is 0.481. The summed E-state index contributed by atoms with van der Waals surface area (Å²) in [6, 6.07) is 19.0. The number of esters is 2. The van der Waals surface area contributed by atoms with Gasteiger partial charge in [0.25, 0.3) is 0 Å². The van der Waals surface area contributed by atoms with E-state index < -0.39 is 24.7 Å². The lowest BCUT2D eigenvalue weighted by molar-refractivity contribution is -0.275. The largest absolute Gasteiger partial charge is 0.573 e. The smallest absolute Gasteiger partial charge is 0.496 e. The summed E-state index contributed by atoms with van der Waals surface area (Å²) < 4.78 is 109. The van der Waals surface area contributed by atoms with Crippen molar-refractivity contribution < 1.29 is 64.4 Å². The molecule has 0 saturated heterocycles. The second-order valence-electron chi connectivity index (χ2n) is 20.7. The van der Waals surface area contributed by atoms with Gasteiger partial charge in [0.1, 0.15) is 45.8 Å². The molecule has 6 aromatic rings. The van der Waals surface area contributed by atoms with Crippen LogP contribution in [0.15, 0.2) is 72.8 Å². The number of halogens is 6. The number of alkyl halides is 6. The highest BCUT2D eigenvalue weighted by molar-refractivity contribution is 5.98. The highest BCUT2D eigenvalue weighted by Gasteiger charge is 2.37. The lowest BCUT2D eigenvalue weighted by Gasteiger charge is -2.40. The van der Waals surface area contributed by atoms with Crippen LogP contribution in [0.25, 0.3) is 22.1 Å². The Labute approximate surface area is 414 Å². The average molecular weight is 1010 g/mol. The van der Waals surface area contributed by atoms with Gasteiger partial charge < -0.3 is 37.6 Å². The van der Waals surface area contributed by atoms with Gasteiger partial charge >= 0.3 is 24.7 Å². The molecule has 0 unspecified atom stereocenters. The predicted octanol–water partition coefficient (Wildman–Crippen LogP) is 13.4. The summed E-state index contributed by atoms with van der Waals surface area (Å²) in [5, 5.41) is 0. The highest BCUT2D eigenvalue weighted by Crippen LogP contribution is 2.47. The third-order valence-corrected chi connectivity index (χ3v) is 13.5. The van der Waals surface area contributed by atoms with E-state index in [1.807, 2.05) is 12.1 Å². The van der Waals surface area contributed by atoms with E-state index in [0.29, 0.717) is 47.2 Å². The van der Waals surface area contributed by atoms with Crippen LogP contribution in [0.2, 0.25) is 0 Å². The molecular weight excluding hydrogens is 947 g/mol. The number of nitrogens with zero attached hydrogens (tertiary/aromatic N) is 4. The molecule has 0 bridgehead atoms. The molecule has 2 heterocycles. The lowest BCUT2D eigenvalue weighted by Crippen LogP contribution is -2.30. The zero-order valence-corrected chi connectivity index (χ0v) is 42.2. The second-order valence-corrected chi connectivity index (χ2v) is 20.7. The quantitative estimate of drug-likeness (QED) is 0.0864. The molecule has 0 spiro atoms. The Morgan fingerprint density at radius 3 is 1.21 bits per heavy atom. The maximum Gasteiger partial charge on any atom is 0.573 e. The molecule has 2 aliphatic rings. The molecular formula is C54H62F6N4O8. The molecule has 72 heavy (non-hydrogen) atoms. The van der Waals surface area contributed by atoms with Crippen molar-refractivity contribution in [1.29, 1.82) is 0 Å². The standard InChI is InChI=1S/2C27H31F3N2O4/c2*1-16-10-18(15-26(2,3)14-16)32-22-13-23(34-4)20(25(33)35-5)12-21(22)31-24(32)11-17-6-8-19(9-7-17)36-27(28,29)30/h2*6-9,12-13,16,18H,10-11,14-15H2,1-5H3/t2*16-,18+/m10/s1. The molecule has 2 aromatic heterocycles. The first-order valence-electron chi connectivity index (χ1n) is 23.8. The van der Waals surface area contributed by atoms with Gasteiger partial charge in [-0.25, -0.2) is 19.6 Å². The monoisotopic (exact) mass is 1010 g/mol. The molecule has 0 radical (unpaired) electrons. The zero-order chi connectivity index (χ0) is 52.5. The summed E-state index contributed by atoms with van der Waals surface area (Å²) in [6.07, 6.45) is -2.56. The molecule has 0 amide bonds. The Bertz CT molecular complexity index is 2690. The summed E-state index contributed by atoms with van der Waals surface area (Å²) in [5.41, 5.74) is 5.42. The van der Waals surface area contributed by atoms with Crippen LogP contribution in [0.3, 0.4) is 0 Å². The number of imidazole rings is 2. The van der Waals surface area contributed by atoms with E-state index in [2.05, 4.69) is 60.2 Å². The second kappa shape index (κ2) is 20.9. The van der Waals surface area contributed by atoms with E-state index in [1.54, 1.807) is 36.4 Å². The molecule has 2 saturated carbocycles. The molecule has 18 heteroatoms. The molecule has 4 aromatic carbocycles. The van der Waals surface area contributed by atoms with Crippen LogP contribution in [0.1, 0.15) is 136 Å². The van der Waals surface area contributed by atoms with E-state index in [1.165, 1.54) is 52.7 Å². The van der Waals surface area contributed by atoms with Gasteiger partial charge in [0.05, 0.1) is 50.5 Å². The molecule has 4 atom stereocenters. The highest BCUT2D eigenvalue weighted by atomic mass is 19.4. The van der Waals surface area contributed by atoms with E-state index in [-0.39, 0.29) is 45.5 Å². The van der Waals surface area contributed by atoms with Crippen molar-refractivity contribution in [3.8, 4) is 23.0 Å². The van der Waals surface area contributed by atoms with Crippen LogP contribution in [-0.4, -0.2) is 72.2 Å². The summed E-state index contributed by atoms with van der Waals surface area (Å²) >= 11 is 0. The van der Waals surface area contributed by atoms with Gasteiger partial charge in [-0.15, -0.1) is 26.3 Å². The van der Waals surface area contributed by atoms with Crippen LogP contribution in [0.5, 0.6) is 23.0 Å². The average Bonchev–Trinajstić information content (AvgIpc) is 3.82. The van der Waals surface area contributed by atoms with Crippen molar-refractivity contribution in [3.63, 3.8) is 0 Å². The predicted molar refractivity (Wildman–Crippen MR) is 259 cm³/mol. The van der Waals surface area contributed by atoms with Crippen molar-refractivity contribution in [2.24, 2.45) is 22.7 Å². The molecule has 0 N–H and O–H groups in total. The molecule has 2 aliphatic carbocycles. The number of hydrogen-bond donors (Lipinski definition) is 0. The van der Waals surface area contributed by atoms with Crippen molar-refractivity contribution in [2.75, 3.05) is 28.4 Å². The van der Waals surface area contributed by atoms with Crippen molar-refractivity contribution in [1.82, 2.24) is 19.1 Å². The normalized spacial score (nSPS) is 19.8. The number of ether oxygens (including phenoxy) is 6. The Balaban J connectivity index is 0.000000211. The van der Waals surface area contributed by atoms with Crippen molar-refractivity contribution in [2.45, 2.75) is 118 Å². The molecule has 2 fully saturated rings. The minimum absolute atomic E-state index is 0.142. The molecule has 12 nitrogen and oxygen atoms in total. The number of carbonyl (C=O) groups excluding carboxylic acids is 2. The van der Waals surface area contributed by atoms with Crippen LogP contribution >= 0.6 is 0 Å². The van der Waals surface area contributed by atoms with Crippen LogP contribution < -0.4 is 18.9 Å². The Morgan fingerprint density at radius 1 is 0.569 bits per heavy atom. The number of fused-ring (bicyclic) bond motifs is 2. The maximum absolute atomic E-state index is 12.6. The summed E-state index contributed by atoms with van der Waals surface area (Å²) in [6.45, 7) is 13.6. The van der Waals surface area contributed by atoms with E-state index in [4.69, 9.17) is 28.9 Å². The third-order valence-electron chi connectivity index (χ3n) is 13.5. The number of benzene rings is 4. The van der Waals surface area contributed by atoms with Gasteiger partial charge in [0.2, 0.25) is 0 Å². The summed E-state index contributed by atoms with van der Waals surface area (Å²) in [5.74, 6) is 1.80. The number of rotatable bonds is 12. The van der Waals surface area contributed by atoms with Gasteiger partial charge in [-0.3, -0.25) is 0 Å². The summed E-state index contributed by atoms with van der Waals surface area (Å²) in [4.78, 5) is 34.5. The molecule has 388 valence electrons. The lowest BCUT2D eigenvalue weighted by atomic mass is 9.70. The minimum Gasteiger partial charge on any atom is -0.496 e. The van der Waals surface area contributed by atoms with Crippen LogP contribution in [0.4, 0.5) is 26.3 Å². The van der Waals surface area contributed by atoms with Crippen molar-refractivity contribution >= 4 is 34.0 Å². The van der Waals surface area contributed by atoms with E-state index >= 15 is 0 Å². The fourth-order valence-electron chi connectivity index (χ4n) is 11.3. The molecule has 0 aliphatic heterocycles. The first-order chi connectivity index (χ1) is 33.8. The number of methoxy groups -OCH3 is 4. The first kappa shape index (κ1) is 53.3. The first-order valence-corrected chi connectivity index (χ1v) is 23.8. The topological polar surface area (TPSA) is 125 Å². The van der Waals surface area contributed by atoms with Crippen LogP contribution in [-0.2, 0) is 22.3 Å². The van der Waals surface area contributed by atoms with Crippen LogP contribution in [0, 0.1) is 22.7 Å². The summed E-state index contributed by atoms with van der Waals surface area (Å²) in [7, 11) is 5.64. The minimum atomic E-state index is -4.74. The van der Waals surface area contributed by atoms with Gasteiger partial charge in [-0.1, -0.05) is 65.8 Å². The van der Waals surface area contributed by atoms with E-state index in [0.717, 1.165) is 72.3 Å². The molecule has 8 rings (SSSR count). The third kappa shape index (κ3) is 12.8. The van der Waals surface area contributed by atoms with Gasteiger partial charge in [-0.2, -0.15) is 0 Å². The van der Waals surface area contributed by atoms with Gasteiger partial charge in [-0.05, 0) is 109 Å². The number of carbonyl (C=O) groups is 2. The zero-order valence-electron chi connectivity index (χ0n) is 42.2.